The third-order valence-electron chi connectivity index (χ3n) is 2.28. The summed E-state index contributed by atoms with van der Waals surface area (Å²) in [5.41, 5.74) is 0. The number of carbonyl (C=O) groups is 1. The van der Waals surface area contributed by atoms with Gasteiger partial charge in [-0.15, -0.1) is 0 Å². The molecule has 0 aliphatic carbocycles. The zero-order valence-electron chi connectivity index (χ0n) is 8.03. The van der Waals surface area contributed by atoms with E-state index in [2.05, 4.69) is 0 Å². The Hall–Kier alpha value is -0.410. The molecule has 0 bridgehead atoms. The van der Waals surface area contributed by atoms with Crippen LogP contribution in [0.25, 0.3) is 0 Å². The van der Waals surface area contributed by atoms with Crippen molar-refractivity contribution < 1.29 is 14.3 Å². The molecule has 0 saturated carbocycles. The lowest BCUT2D eigenvalue weighted by molar-refractivity contribution is -0.305. The molecular weight excluding hydrogens is 156 g/mol. The fraction of sp³-hybridized carbons (Fsp3) is 0.889. The highest BCUT2D eigenvalue weighted by Crippen LogP contribution is 2.29. The fourth-order valence-corrected chi connectivity index (χ4v) is 1.44. The fourth-order valence-electron chi connectivity index (χ4n) is 1.44. The average Bonchev–Trinajstić information content (AvgIpc) is 1.96. The van der Waals surface area contributed by atoms with E-state index < -0.39 is 5.79 Å². The summed E-state index contributed by atoms with van der Waals surface area (Å²) < 4.78 is 11.0. The first-order chi connectivity index (χ1) is 5.46. The molecule has 1 fully saturated rings. The number of ether oxygens (including phenoxy) is 2. The summed E-state index contributed by atoms with van der Waals surface area (Å²) >= 11 is 0. The van der Waals surface area contributed by atoms with Gasteiger partial charge in [0, 0.05) is 5.92 Å². The van der Waals surface area contributed by atoms with Crippen LogP contribution in [-0.2, 0) is 14.3 Å². The molecule has 3 atom stereocenters. The van der Waals surface area contributed by atoms with E-state index in [1.807, 2.05) is 27.7 Å². The van der Waals surface area contributed by atoms with Gasteiger partial charge in [-0.25, -0.2) is 0 Å². The summed E-state index contributed by atoms with van der Waals surface area (Å²) in [5, 5.41) is 0. The number of hydrogen-bond donors (Lipinski definition) is 0. The highest BCUT2D eigenvalue weighted by Gasteiger charge is 2.38. The molecule has 0 aromatic heterocycles. The van der Waals surface area contributed by atoms with Crippen molar-refractivity contribution in [2.24, 2.45) is 5.92 Å². The molecule has 0 radical (unpaired) electrons. The van der Waals surface area contributed by atoms with Crippen LogP contribution in [0.15, 0.2) is 0 Å². The molecule has 1 aliphatic rings. The Kier molecular flexibility index (Phi) is 2.54. The molecule has 0 aromatic rings. The third-order valence-corrected chi connectivity index (χ3v) is 2.28. The second-order valence-corrected chi connectivity index (χ2v) is 3.80. The zero-order chi connectivity index (χ0) is 9.35. The lowest BCUT2D eigenvalue weighted by atomic mass is 9.98. The van der Waals surface area contributed by atoms with Gasteiger partial charge in [0.05, 0.1) is 6.10 Å². The lowest BCUT2D eigenvalue weighted by Crippen LogP contribution is -2.49. The highest BCUT2D eigenvalue weighted by atomic mass is 16.7. The van der Waals surface area contributed by atoms with Gasteiger partial charge in [-0.1, -0.05) is 6.92 Å². The van der Waals surface area contributed by atoms with Gasteiger partial charge in [-0.2, -0.15) is 0 Å². The number of aldehydes is 1. The molecule has 0 unspecified atom stereocenters. The van der Waals surface area contributed by atoms with E-state index in [4.69, 9.17) is 9.47 Å². The van der Waals surface area contributed by atoms with Crippen LogP contribution in [-0.4, -0.2) is 24.3 Å². The Labute approximate surface area is 73.0 Å². The van der Waals surface area contributed by atoms with Crippen LogP contribution in [0.3, 0.4) is 0 Å². The van der Waals surface area contributed by atoms with Gasteiger partial charge >= 0.3 is 0 Å². The monoisotopic (exact) mass is 172 g/mol. The molecule has 1 heterocycles. The maximum Gasteiger partial charge on any atom is 0.164 e. The predicted molar refractivity (Wildman–Crippen MR) is 44.7 cm³/mol. The first kappa shape index (κ1) is 9.68. The summed E-state index contributed by atoms with van der Waals surface area (Å²) in [4.78, 5) is 10.6. The summed E-state index contributed by atoms with van der Waals surface area (Å²) in [7, 11) is 0. The molecule has 1 rings (SSSR count). The number of hydrogen-bond acceptors (Lipinski definition) is 3. The Balaban J connectivity index is 2.71. The minimum absolute atomic E-state index is 0.0731. The third kappa shape index (κ3) is 1.84. The minimum atomic E-state index is -0.627. The van der Waals surface area contributed by atoms with Gasteiger partial charge in [0.1, 0.15) is 12.4 Å². The Bertz CT molecular complexity index is 177. The highest BCUT2D eigenvalue weighted by molar-refractivity contribution is 5.56. The van der Waals surface area contributed by atoms with E-state index in [9.17, 15) is 4.79 Å². The summed E-state index contributed by atoms with van der Waals surface area (Å²) in [6.45, 7) is 7.57. The Morgan fingerprint density at radius 3 is 2.33 bits per heavy atom. The summed E-state index contributed by atoms with van der Waals surface area (Å²) in [6.07, 6.45) is 0.596. The van der Waals surface area contributed by atoms with Crippen molar-refractivity contribution >= 4 is 6.29 Å². The maximum atomic E-state index is 10.6. The molecule has 3 nitrogen and oxygen atoms in total. The van der Waals surface area contributed by atoms with Gasteiger partial charge in [0.2, 0.25) is 0 Å². The van der Waals surface area contributed by atoms with Crippen molar-refractivity contribution in [2.75, 3.05) is 0 Å². The van der Waals surface area contributed by atoms with Crippen molar-refractivity contribution in [1.82, 2.24) is 0 Å². The van der Waals surface area contributed by atoms with Gasteiger partial charge in [-0.05, 0) is 20.8 Å². The van der Waals surface area contributed by atoms with Crippen molar-refractivity contribution in [1.29, 1.82) is 0 Å². The minimum Gasteiger partial charge on any atom is -0.347 e. The average molecular weight is 172 g/mol. The van der Waals surface area contributed by atoms with Crippen LogP contribution in [0.2, 0.25) is 0 Å². The second kappa shape index (κ2) is 3.15. The van der Waals surface area contributed by atoms with Crippen LogP contribution in [0.4, 0.5) is 0 Å². The van der Waals surface area contributed by atoms with Crippen LogP contribution in [0, 0.1) is 5.92 Å². The standard InChI is InChI=1S/C9H16O3/c1-6-7(2)11-9(3,4)12-8(6)5-10/h5-8H,1-4H3/t6-,7+,8+/m0/s1. The maximum absolute atomic E-state index is 10.6. The Morgan fingerprint density at radius 1 is 1.25 bits per heavy atom. The number of carbonyl (C=O) groups excluding carboxylic acids is 1. The number of rotatable bonds is 1. The normalized spacial score (nSPS) is 40.8. The van der Waals surface area contributed by atoms with Crippen molar-refractivity contribution in [3.63, 3.8) is 0 Å². The molecule has 0 aromatic carbocycles. The molecule has 0 amide bonds. The van der Waals surface area contributed by atoms with E-state index >= 15 is 0 Å². The van der Waals surface area contributed by atoms with E-state index in [1.54, 1.807) is 0 Å². The first-order valence-electron chi connectivity index (χ1n) is 4.27. The van der Waals surface area contributed by atoms with Gasteiger partial charge < -0.3 is 14.3 Å². The molecule has 1 aliphatic heterocycles. The van der Waals surface area contributed by atoms with Crippen LogP contribution < -0.4 is 0 Å². The molecule has 12 heavy (non-hydrogen) atoms. The van der Waals surface area contributed by atoms with E-state index in [0.717, 1.165) is 6.29 Å². The molecule has 0 spiro atoms. The molecule has 3 heteroatoms. The van der Waals surface area contributed by atoms with E-state index in [1.165, 1.54) is 0 Å². The molecule has 0 N–H and O–H groups in total. The van der Waals surface area contributed by atoms with Crippen LogP contribution in [0.5, 0.6) is 0 Å². The summed E-state index contributed by atoms with van der Waals surface area (Å²) in [5.74, 6) is -0.493. The molecule has 70 valence electrons. The SMILES string of the molecule is C[C@H]1[C@@H](C)OC(C)(C)O[C@@H]1C=O. The molecular formula is C9H16O3. The zero-order valence-corrected chi connectivity index (χ0v) is 8.03. The largest absolute Gasteiger partial charge is 0.347 e. The quantitative estimate of drug-likeness (QED) is 0.560. The van der Waals surface area contributed by atoms with Crippen LogP contribution in [0.1, 0.15) is 27.7 Å². The van der Waals surface area contributed by atoms with Gasteiger partial charge in [0.25, 0.3) is 0 Å². The second-order valence-electron chi connectivity index (χ2n) is 3.80. The molecule has 1 saturated heterocycles. The van der Waals surface area contributed by atoms with Crippen molar-refractivity contribution in [3.8, 4) is 0 Å². The van der Waals surface area contributed by atoms with Crippen LogP contribution >= 0.6 is 0 Å². The first-order valence-corrected chi connectivity index (χ1v) is 4.27. The van der Waals surface area contributed by atoms with Gasteiger partial charge in [-0.3, -0.25) is 0 Å². The van der Waals surface area contributed by atoms with Crippen molar-refractivity contribution in [2.45, 2.75) is 45.7 Å². The van der Waals surface area contributed by atoms with E-state index in [0.29, 0.717) is 0 Å². The smallest absolute Gasteiger partial charge is 0.164 e. The van der Waals surface area contributed by atoms with E-state index in [-0.39, 0.29) is 18.1 Å². The van der Waals surface area contributed by atoms with Crippen molar-refractivity contribution in [3.05, 3.63) is 0 Å². The topological polar surface area (TPSA) is 35.5 Å². The lowest BCUT2D eigenvalue weighted by Gasteiger charge is -2.41. The Morgan fingerprint density at radius 2 is 1.83 bits per heavy atom. The predicted octanol–water partition coefficient (Wildman–Crippen LogP) is 1.36. The summed E-state index contributed by atoms with van der Waals surface area (Å²) in [6, 6.07) is 0. The van der Waals surface area contributed by atoms with Gasteiger partial charge in [0.15, 0.2) is 5.79 Å².